The first-order valence-electron chi connectivity index (χ1n) is 11.7. The Balaban J connectivity index is 1.21. The average Bonchev–Trinajstić information content (AvgIpc) is 3.30. The summed E-state index contributed by atoms with van der Waals surface area (Å²) in [7, 11) is 0. The van der Waals surface area contributed by atoms with Gasteiger partial charge in [0.25, 0.3) is 11.5 Å². The smallest absolute Gasteiger partial charge is 0.275 e. The van der Waals surface area contributed by atoms with E-state index in [1.54, 1.807) is 13.0 Å². The van der Waals surface area contributed by atoms with Gasteiger partial charge in [-0.25, -0.2) is 4.98 Å². The van der Waals surface area contributed by atoms with E-state index in [1.807, 2.05) is 66.4 Å². The number of piperazine rings is 1. The standard InChI is InChI=1S/C26H27N5O3S/c1-18-8-10-20(11-9-18)24-28-31-23(32)16-21(27-26(31)35-24)17-29-12-14-30(15-13-29)25(33)19(2)34-22-6-4-3-5-7-22/h3-11,16,19H,12-15,17H2,1-2H3. The molecule has 0 spiro atoms. The third-order valence-electron chi connectivity index (χ3n) is 6.07. The second-order valence-corrected chi connectivity index (χ2v) is 9.68. The summed E-state index contributed by atoms with van der Waals surface area (Å²) in [6.07, 6.45) is -0.540. The number of carbonyl (C=O) groups excluding carboxylic acids is 1. The molecule has 2 aromatic heterocycles. The molecule has 0 aliphatic carbocycles. The first-order valence-corrected chi connectivity index (χ1v) is 12.5. The maximum atomic E-state index is 12.8. The Bertz CT molecular complexity index is 1380. The fourth-order valence-corrected chi connectivity index (χ4v) is 5.05. The van der Waals surface area contributed by atoms with E-state index in [4.69, 9.17) is 9.72 Å². The second kappa shape index (κ2) is 9.97. The van der Waals surface area contributed by atoms with Crippen LogP contribution in [0.4, 0.5) is 0 Å². The molecule has 1 amide bonds. The molecule has 1 saturated heterocycles. The van der Waals surface area contributed by atoms with E-state index in [9.17, 15) is 9.59 Å². The van der Waals surface area contributed by atoms with Gasteiger partial charge < -0.3 is 9.64 Å². The van der Waals surface area contributed by atoms with Crippen molar-refractivity contribution in [2.24, 2.45) is 0 Å². The molecule has 3 heterocycles. The highest BCUT2D eigenvalue weighted by Crippen LogP contribution is 2.24. The quantitative estimate of drug-likeness (QED) is 0.414. The summed E-state index contributed by atoms with van der Waals surface area (Å²) < 4.78 is 7.16. The van der Waals surface area contributed by atoms with Crippen LogP contribution in [0.25, 0.3) is 15.5 Å². The van der Waals surface area contributed by atoms with Crippen molar-refractivity contribution in [2.75, 3.05) is 26.2 Å². The molecule has 1 atom stereocenters. The molecular formula is C26H27N5O3S. The molecule has 4 aromatic rings. The van der Waals surface area contributed by atoms with Crippen LogP contribution in [0.3, 0.4) is 0 Å². The second-order valence-electron chi connectivity index (χ2n) is 8.73. The van der Waals surface area contributed by atoms with Gasteiger partial charge in [0, 0.05) is 44.4 Å². The van der Waals surface area contributed by atoms with Crippen LogP contribution in [0, 0.1) is 6.92 Å². The first-order chi connectivity index (χ1) is 17.0. The largest absolute Gasteiger partial charge is 0.481 e. The van der Waals surface area contributed by atoms with E-state index < -0.39 is 6.10 Å². The van der Waals surface area contributed by atoms with Crippen molar-refractivity contribution in [2.45, 2.75) is 26.5 Å². The summed E-state index contributed by atoms with van der Waals surface area (Å²) in [5, 5.41) is 5.24. The van der Waals surface area contributed by atoms with E-state index in [2.05, 4.69) is 10.00 Å². The Morgan fingerprint density at radius 1 is 1.06 bits per heavy atom. The first kappa shape index (κ1) is 23.2. The van der Waals surface area contributed by atoms with Crippen LogP contribution in [0.2, 0.25) is 0 Å². The van der Waals surface area contributed by atoms with Gasteiger partial charge in [0.15, 0.2) is 6.10 Å². The Kier molecular flexibility index (Phi) is 6.61. The van der Waals surface area contributed by atoms with Crippen molar-refractivity contribution in [3.63, 3.8) is 0 Å². The van der Waals surface area contributed by atoms with Gasteiger partial charge in [0.2, 0.25) is 4.96 Å². The van der Waals surface area contributed by atoms with Crippen LogP contribution in [0.15, 0.2) is 65.5 Å². The number of ether oxygens (including phenoxy) is 1. The lowest BCUT2D eigenvalue weighted by Gasteiger charge is -2.35. The van der Waals surface area contributed by atoms with Crippen LogP contribution in [0.5, 0.6) is 5.75 Å². The zero-order valence-corrected chi connectivity index (χ0v) is 20.6. The highest BCUT2D eigenvalue weighted by Gasteiger charge is 2.26. The number of para-hydroxylation sites is 1. The minimum Gasteiger partial charge on any atom is -0.481 e. The monoisotopic (exact) mass is 489 g/mol. The molecule has 0 radical (unpaired) electrons. The maximum absolute atomic E-state index is 12.8. The number of benzene rings is 2. The molecule has 9 heteroatoms. The van der Waals surface area contributed by atoms with Gasteiger partial charge >= 0.3 is 0 Å². The number of fused-ring (bicyclic) bond motifs is 1. The molecule has 1 aliphatic heterocycles. The van der Waals surface area contributed by atoms with Crippen molar-refractivity contribution in [1.29, 1.82) is 0 Å². The minimum atomic E-state index is -0.540. The Morgan fingerprint density at radius 2 is 1.77 bits per heavy atom. The van der Waals surface area contributed by atoms with Crippen molar-refractivity contribution in [1.82, 2.24) is 24.4 Å². The van der Waals surface area contributed by atoms with Crippen molar-refractivity contribution in [3.8, 4) is 16.3 Å². The normalized spacial score (nSPS) is 15.3. The number of rotatable bonds is 6. The summed E-state index contributed by atoms with van der Waals surface area (Å²) in [4.78, 5) is 34.8. The molecule has 0 bridgehead atoms. The lowest BCUT2D eigenvalue weighted by Crippen LogP contribution is -2.51. The number of nitrogens with zero attached hydrogens (tertiary/aromatic N) is 5. The zero-order chi connectivity index (χ0) is 24.4. The third kappa shape index (κ3) is 5.26. The summed E-state index contributed by atoms with van der Waals surface area (Å²) in [5.74, 6) is 0.674. The molecule has 180 valence electrons. The fourth-order valence-electron chi connectivity index (χ4n) is 4.12. The lowest BCUT2D eigenvalue weighted by atomic mass is 10.2. The maximum Gasteiger partial charge on any atom is 0.275 e. The van der Waals surface area contributed by atoms with Gasteiger partial charge in [0.1, 0.15) is 10.8 Å². The zero-order valence-electron chi connectivity index (χ0n) is 19.8. The SMILES string of the molecule is Cc1ccc(-c2nn3c(=O)cc(CN4CCN(C(=O)C(C)Oc5ccccc5)CC4)nc3s2)cc1. The molecule has 0 saturated carbocycles. The number of aryl methyl sites for hydroxylation is 1. The van der Waals surface area contributed by atoms with Crippen molar-refractivity contribution in [3.05, 3.63) is 82.3 Å². The van der Waals surface area contributed by atoms with Gasteiger partial charge in [-0.1, -0.05) is 59.4 Å². The van der Waals surface area contributed by atoms with E-state index in [1.165, 1.54) is 21.4 Å². The summed E-state index contributed by atoms with van der Waals surface area (Å²) in [5.41, 5.74) is 2.68. The van der Waals surface area contributed by atoms with E-state index >= 15 is 0 Å². The molecular weight excluding hydrogens is 462 g/mol. The molecule has 35 heavy (non-hydrogen) atoms. The topological polar surface area (TPSA) is 80.0 Å². The number of aromatic nitrogens is 3. The van der Waals surface area contributed by atoms with Gasteiger partial charge in [0.05, 0.1) is 5.69 Å². The number of hydrogen-bond donors (Lipinski definition) is 0. The molecule has 8 nitrogen and oxygen atoms in total. The van der Waals surface area contributed by atoms with Crippen molar-refractivity contribution < 1.29 is 9.53 Å². The molecule has 1 fully saturated rings. The number of amides is 1. The third-order valence-corrected chi connectivity index (χ3v) is 7.03. The van der Waals surface area contributed by atoms with E-state index in [0.29, 0.717) is 43.4 Å². The molecule has 0 N–H and O–H groups in total. The highest BCUT2D eigenvalue weighted by molar-refractivity contribution is 7.19. The Hall–Kier alpha value is -3.56. The molecule has 1 aliphatic rings. The number of hydrogen-bond acceptors (Lipinski definition) is 7. The van der Waals surface area contributed by atoms with E-state index in [0.717, 1.165) is 16.3 Å². The summed E-state index contributed by atoms with van der Waals surface area (Å²) >= 11 is 1.41. The Labute approximate surface area is 207 Å². The summed E-state index contributed by atoms with van der Waals surface area (Å²) in [6.45, 7) is 7.02. The van der Waals surface area contributed by atoms with Gasteiger partial charge in [-0.2, -0.15) is 9.61 Å². The van der Waals surface area contributed by atoms with Crippen LogP contribution in [-0.4, -0.2) is 62.6 Å². The van der Waals surface area contributed by atoms with Gasteiger partial charge in [-0.05, 0) is 26.0 Å². The predicted molar refractivity (Wildman–Crippen MR) is 136 cm³/mol. The van der Waals surface area contributed by atoms with Crippen LogP contribution in [0.1, 0.15) is 18.2 Å². The van der Waals surface area contributed by atoms with Crippen LogP contribution < -0.4 is 10.3 Å². The highest BCUT2D eigenvalue weighted by atomic mass is 32.1. The summed E-state index contributed by atoms with van der Waals surface area (Å²) in [6, 6.07) is 19.0. The molecule has 5 rings (SSSR count). The van der Waals surface area contributed by atoms with E-state index in [-0.39, 0.29) is 11.5 Å². The van der Waals surface area contributed by atoms with Crippen LogP contribution in [-0.2, 0) is 11.3 Å². The lowest BCUT2D eigenvalue weighted by molar-refractivity contribution is -0.139. The van der Waals surface area contributed by atoms with Crippen molar-refractivity contribution >= 4 is 22.2 Å². The minimum absolute atomic E-state index is 0.0143. The Morgan fingerprint density at radius 3 is 2.49 bits per heavy atom. The average molecular weight is 490 g/mol. The molecule has 1 unspecified atom stereocenters. The molecule has 2 aromatic carbocycles. The number of carbonyl (C=O) groups is 1. The van der Waals surface area contributed by atoms with Crippen LogP contribution >= 0.6 is 11.3 Å². The predicted octanol–water partition coefficient (Wildman–Crippen LogP) is 3.24. The van der Waals surface area contributed by atoms with Gasteiger partial charge in [-0.15, -0.1) is 0 Å². The fraction of sp³-hybridized carbons (Fsp3) is 0.308. The van der Waals surface area contributed by atoms with Gasteiger partial charge in [-0.3, -0.25) is 14.5 Å².